The number of phenolic OH excluding ortho intramolecular Hbond substituents is 2. The molecule has 43 heavy (non-hydrogen) atoms. The molecule has 1 aromatic heterocycles. The second-order valence-corrected chi connectivity index (χ2v) is 14.0. The Bertz CT molecular complexity index is 1670. The van der Waals surface area contributed by atoms with Crippen LogP contribution in [0.25, 0.3) is 21.9 Å². The van der Waals surface area contributed by atoms with Crippen molar-refractivity contribution in [1.29, 1.82) is 0 Å². The molecule has 3 aromatic rings. The molecule has 6 rings (SSSR count). The molecule has 2 aliphatic heterocycles. The van der Waals surface area contributed by atoms with E-state index in [1.165, 1.54) is 7.11 Å². The fourth-order valence-electron chi connectivity index (χ4n) is 6.57. The van der Waals surface area contributed by atoms with E-state index >= 15 is 0 Å². The molecule has 0 saturated carbocycles. The molecule has 3 heterocycles. The first-order chi connectivity index (χ1) is 20.6. The number of methoxy groups -OCH3 is 1. The van der Waals surface area contributed by atoms with Crippen LogP contribution in [0.5, 0.6) is 11.5 Å². The van der Waals surface area contributed by atoms with Gasteiger partial charge in [-0.25, -0.2) is 0 Å². The summed E-state index contributed by atoms with van der Waals surface area (Å²) in [6, 6.07) is 4.89. The molecule has 0 bridgehead atoms. The fraction of sp³-hybridized carbons (Fsp3) is 0.484. The molecule has 3 aliphatic rings. The summed E-state index contributed by atoms with van der Waals surface area (Å²) in [5.74, 6) is -1.28. The van der Waals surface area contributed by atoms with Gasteiger partial charge in [-0.15, -0.1) is 0 Å². The second-order valence-electron chi connectivity index (χ2n) is 11.5. The molecule has 4 N–H and O–H groups in total. The Balaban J connectivity index is 1.43. The van der Waals surface area contributed by atoms with Crippen molar-refractivity contribution in [2.45, 2.75) is 73.6 Å². The Hall–Kier alpha value is -2.75. The van der Waals surface area contributed by atoms with E-state index in [1.54, 1.807) is 32.0 Å². The molecule has 2 aromatic carbocycles. The van der Waals surface area contributed by atoms with Crippen LogP contribution in [0.15, 0.2) is 39.7 Å². The van der Waals surface area contributed by atoms with Crippen molar-refractivity contribution in [3.05, 3.63) is 57.4 Å². The van der Waals surface area contributed by atoms with Gasteiger partial charge in [-0.2, -0.15) is 0 Å². The fourth-order valence-corrected chi connectivity index (χ4v) is 9.39. The monoisotopic (exact) mass is 708 g/mol. The number of hydrogen-bond donors (Lipinski definition) is 4. The molecule has 1 aliphatic carbocycles. The van der Waals surface area contributed by atoms with Crippen molar-refractivity contribution in [3.63, 3.8) is 0 Å². The summed E-state index contributed by atoms with van der Waals surface area (Å²) in [6.45, 7) is 3.59. The SMILES string of the molecule is COC1(C(=O)CO)Cc2c(c(O)c3oc4c(C)cccc4c(=O)c3c2O)C([I-]OC2CC(N3C=CCC3)C(O)C(C)O2)C1. The van der Waals surface area contributed by atoms with Crippen LogP contribution in [0.2, 0.25) is 0 Å². The van der Waals surface area contributed by atoms with Gasteiger partial charge in [0.05, 0.1) is 0 Å². The van der Waals surface area contributed by atoms with Gasteiger partial charge in [0.25, 0.3) is 0 Å². The minimum absolute atomic E-state index is 0.0711. The molecular weight excluding hydrogens is 673 g/mol. The summed E-state index contributed by atoms with van der Waals surface area (Å²) in [5.41, 5.74) is -0.649. The molecule has 0 spiro atoms. The number of aryl methyl sites for hydroxylation is 1. The summed E-state index contributed by atoms with van der Waals surface area (Å²) < 4.78 is 23.6. The van der Waals surface area contributed by atoms with Crippen LogP contribution in [0.1, 0.15) is 46.8 Å². The van der Waals surface area contributed by atoms with Gasteiger partial charge >= 0.3 is 259 Å². The third-order valence-electron chi connectivity index (χ3n) is 8.97. The van der Waals surface area contributed by atoms with E-state index in [2.05, 4.69) is 11.0 Å². The van der Waals surface area contributed by atoms with Gasteiger partial charge in [0, 0.05) is 0 Å². The zero-order valence-electron chi connectivity index (χ0n) is 24.1. The van der Waals surface area contributed by atoms with Crippen molar-refractivity contribution < 1.29 is 63.8 Å². The number of fused-ring (bicyclic) bond motifs is 3. The zero-order valence-corrected chi connectivity index (χ0v) is 26.2. The third-order valence-corrected chi connectivity index (χ3v) is 11.5. The van der Waals surface area contributed by atoms with E-state index in [4.69, 9.17) is 17.0 Å². The van der Waals surface area contributed by atoms with Crippen molar-refractivity contribution >= 4 is 27.7 Å². The molecular formula is C31H35INO10-. The number of benzene rings is 2. The summed E-state index contributed by atoms with van der Waals surface area (Å²) >= 11 is -1.36. The first-order valence-corrected chi connectivity index (χ1v) is 16.4. The van der Waals surface area contributed by atoms with Crippen LogP contribution in [0.4, 0.5) is 0 Å². The Labute approximate surface area is 258 Å². The number of carbonyl (C=O) groups is 1. The number of nitrogens with zero attached hydrogens (tertiary/aromatic N) is 1. The number of halogens is 1. The third kappa shape index (κ3) is 5.01. The summed E-state index contributed by atoms with van der Waals surface area (Å²) in [7, 11) is 1.36. The van der Waals surface area contributed by atoms with Gasteiger partial charge in [-0.3, -0.25) is 0 Å². The first-order valence-electron chi connectivity index (χ1n) is 14.3. The molecule has 1 saturated heterocycles. The van der Waals surface area contributed by atoms with Crippen LogP contribution in [-0.2, 0) is 23.8 Å². The van der Waals surface area contributed by atoms with Gasteiger partial charge in [-0.05, 0) is 0 Å². The maximum absolute atomic E-state index is 13.6. The number of alkyl halides is 1. The molecule has 12 heteroatoms. The van der Waals surface area contributed by atoms with E-state index in [1.807, 2.05) is 6.20 Å². The van der Waals surface area contributed by atoms with Crippen LogP contribution >= 0.6 is 0 Å². The molecule has 0 radical (unpaired) electrons. The molecule has 0 amide bonds. The van der Waals surface area contributed by atoms with E-state index in [0.717, 1.165) is 13.0 Å². The maximum atomic E-state index is 13.6. The van der Waals surface area contributed by atoms with Crippen LogP contribution in [0, 0.1) is 6.92 Å². The quantitative estimate of drug-likeness (QED) is 0.111. The topological polar surface area (TPSA) is 159 Å². The van der Waals surface area contributed by atoms with Crippen LogP contribution in [-0.4, -0.2) is 81.5 Å². The first kappa shape index (κ1) is 30.3. The van der Waals surface area contributed by atoms with Gasteiger partial charge in [-0.1, -0.05) is 0 Å². The number of aromatic hydroxyl groups is 2. The number of para-hydroxylation sites is 1. The zero-order chi connectivity index (χ0) is 30.6. The van der Waals surface area contributed by atoms with E-state index in [-0.39, 0.29) is 46.6 Å². The predicted octanol–water partition coefficient (Wildman–Crippen LogP) is -0.296. The van der Waals surface area contributed by atoms with Gasteiger partial charge in [0.2, 0.25) is 0 Å². The number of phenols is 2. The Morgan fingerprint density at radius 2 is 2.02 bits per heavy atom. The normalized spacial score (nSPS) is 29.0. The molecule has 232 valence electrons. The standard InChI is InChI=1S/C31H35INO10/c1-15-7-6-8-17-26(37)24-27(38)18-12-31(40-3,21(35)14-34)13-19(23(18)28(39)30(24)42-29(15)17)32-43-22-11-20(25(36)16(2)41-22)33-9-4-5-10-33/h4,6-9,16,19-20,22,25,34,36,38-39H,5,10-14H2,1-3H3/q-1. The number of aliphatic hydroxyl groups excluding tert-OH is 2. The molecule has 6 unspecified atom stereocenters. The summed E-state index contributed by atoms with van der Waals surface area (Å²) in [5, 5.41) is 44.0. The summed E-state index contributed by atoms with van der Waals surface area (Å²) in [6.07, 6.45) is 3.42. The van der Waals surface area contributed by atoms with Crippen molar-refractivity contribution in [2.75, 3.05) is 20.3 Å². The molecule has 11 nitrogen and oxygen atoms in total. The van der Waals surface area contributed by atoms with E-state index in [9.17, 15) is 30.0 Å². The average molecular weight is 709 g/mol. The van der Waals surface area contributed by atoms with Crippen LogP contribution < -0.4 is 27.0 Å². The number of hydrogen-bond acceptors (Lipinski definition) is 11. The number of ether oxygens (including phenoxy) is 2. The molecule has 1 fully saturated rings. The van der Waals surface area contributed by atoms with Gasteiger partial charge < -0.3 is 0 Å². The van der Waals surface area contributed by atoms with Crippen molar-refractivity contribution in [1.82, 2.24) is 4.90 Å². The van der Waals surface area contributed by atoms with E-state index in [0.29, 0.717) is 23.1 Å². The van der Waals surface area contributed by atoms with E-state index < -0.39 is 73.2 Å². The minimum atomic E-state index is -1.51. The second kappa shape index (κ2) is 11.6. The Kier molecular flexibility index (Phi) is 8.20. The number of carbonyl (C=O) groups excluding carboxylic acids is 1. The number of ketones is 1. The van der Waals surface area contributed by atoms with Crippen LogP contribution in [0.3, 0.4) is 0 Å². The average Bonchev–Trinajstić information content (AvgIpc) is 3.55. The van der Waals surface area contributed by atoms with Crippen molar-refractivity contribution in [3.8, 4) is 11.5 Å². The Morgan fingerprint density at radius 3 is 2.72 bits per heavy atom. The number of aliphatic hydroxyl groups is 2. The molecule has 6 atom stereocenters. The number of Topliss-reactive ketones (excluding diaryl/α,β-unsaturated/α-hetero) is 1. The van der Waals surface area contributed by atoms with Crippen molar-refractivity contribution in [2.24, 2.45) is 0 Å². The predicted molar refractivity (Wildman–Crippen MR) is 151 cm³/mol. The Morgan fingerprint density at radius 1 is 1.23 bits per heavy atom. The number of rotatable bonds is 7. The summed E-state index contributed by atoms with van der Waals surface area (Å²) in [4.78, 5) is 28.8. The van der Waals surface area contributed by atoms with Gasteiger partial charge in [0.15, 0.2) is 0 Å². The van der Waals surface area contributed by atoms with Gasteiger partial charge in [0.1, 0.15) is 0 Å².